The second kappa shape index (κ2) is 7.33. The zero-order chi connectivity index (χ0) is 16.9. The SMILES string of the molecule is CC(NC(=O)CC(=O)C(C)(C)C)c1cccc(OC(F)F)c1. The summed E-state index contributed by atoms with van der Waals surface area (Å²) in [5.74, 6) is -0.529. The van der Waals surface area contributed by atoms with Crippen molar-refractivity contribution in [1.82, 2.24) is 5.32 Å². The Morgan fingerprint density at radius 2 is 1.91 bits per heavy atom. The first-order chi connectivity index (χ1) is 10.1. The first-order valence-corrected chi connectivity index (χ1v) is 6.97. The molecule has 0 fully saturated rings. The lowest BCUT2D eigenvalue weighted by Gasteiger charge is -2.18. The summed E-state index contributed by atoms with van der Waals surface area (Å²) in [6.45, 7) is 4.05. The van der Waals surface area contributed by atoms with E-state index in [1.807, 2.05) is 0 Å². The van der Waals surface area contributed by atoms with Gasteiger partial charge in [-0.25, -0.2) is 0 Å². The van der Waals surface area contributed by atoms with Crippen LogP contribution in [0.5, 0.6) is 5.75 Å². The van der Waals surface area contributed by atoms with Crippen molar-refractivity contribution in [1.29, 1.82) is 0 Å². The van der Waals surface area contributed by atoms with Gasteiger partial charge in [-0.3, -0.25) is 9.59 Å². The highest BCUT2D eigenvalue weighted by Crippen LogP contribution is 2.21. The van der Waals surface area contributed by atoms with Crippen LogP contribution >= 0.6 is 0 Å². The average Bonchev–Trinajstić information content (AvgIpc) is 2.36. The Labute approximate surface area is 128 Å². The van der Waals surface area contributed by atoms with Crippen molar-refractivity contribution in [3.63, 3.8) is 0 Å². The molecule has 1 rings (SSSR count). The molecule has 1 amide bonds. The largest absolute Gasteiger partial charge is 0.435 e. The third-order valence-corrected chi connectivity index (χ3v) is 3.12. The van der Waals surface area contributed by atoms with E-state index in [1.165, 1.54) is 12.1 Å². The van der Waals surface area contributed by atoms with Gasteiger partial charge in [0.15, 0.2) is 0 Å². The molecule has 1 atom stereocenters. The molecule has 0 aliphatic heterocycles. The molecular formula is C16H21F2NO3. The zero-order valence-electron chi connectivity index (χ0n) is 13.2. The highest BCUT2D eigenvalue weighted by Gasteiger charge is 2.24. The third kappa shape index (κ3) is 5.79. The van der Waals surface area contributed by atoms with Crippen molar-refractivity contribution >= 4 is 11.7 Å². The molecule has 1 aromatic carbocycles. The maximum Gasteiger partial charge on any atom is 0.387 e. The molecule has 0 heterocycles. The van der Waals surface area contributed by atoms with E-state index in [1.54, 1.807) is 39.8 Å². The monoisotopic (exact) mass is 313 g/mol. The highest BCUT2D eigenvalue weighted by molar-refractivity contribution is 6.00. The molecule has 1 aromatic rings. The Bertz CT molecular complexity index is 538. The van der Waals surface area contributed by atoms with E-state index in [2.05, 4.69) is 10.1 Å². The van der Waals surface area contributed by atoms with Gasteiger partial charge in [0, 0.05) is 5.41 Å². The summed E-state index contributed by atoms with van der Waals surface area (Å²) in [4.78, 5) is 23.7. The minimum absolute atomic E-state index is 0.0272. The summed E-state index contributed by atoms with van der Waals surface area (Å²) in [6, 6.07) is 5.68. The number of nitrogens with one attached hydrogen (secondary N) is 1. The fourth-order valence-corrected chi connectivity index (χ4v) is 1.75. The topological polar surface area (TPSA) is 55.4 Å². The van der Waals surface area contributed by atoms with Gasteiger partial charge in [0.1, 0.15) is 11.5 Å². The van der Waals surface area contributed by atoms with Crippen LogP contribution < -0.4 is 10.1 Å². The standard InChI is InChI=1S/C16H21F2NO3/c1-10(19-14(21)9-13(20)16(2,3)4)11-6-5-7-12(8-11)22-15(17)18/h5-8,10,15H,9H2,1-4H3,(H,19,21). The van der Waals surface area contributed by atoms with Crippen molar-refractivity contribution in [2.45, 2.75) is 46.8 Å². The Hall–Kier alpha value is -1.98. The first-order valence-electron chi connectivity index (χ1n) is 6.97. The molecule has 0 aromatic heterocycles. The molecular weight excluding hydrogens is 292 g/mol. The van der Waals surface area contributed by atoms with E-state index >= 15 is 0 Å². The van der Waals surface area contributed by atoms with Crippen LogP contribution in [0, 0.1) is 5.41 Å². The van der Waals surface area contributed by atoms with Gasteiger partial charge in [-0.1, -0.05) is 32.9 Å². The quantitative estimate of drug-likeness (QED) is 0.818. The summed E-state index contributed by atoms with van der Waals surface area (Å²) >= 11 is 0. The second-order valence-corrected chi connectivity index (χ2v) is 6.09. The highest BCUT2D eigenvalue weighted by atomic mass is 19.3. The van der Waals surface area contributed by atoms with E-state index < -0.39 is 24.0 Å². The van der Waals surface area contributed by atoms with Crippen molar-refractivity contribution < 1.29 is 23.1 Å². The van der Waals surface area contributed by atoms with Gasteiger partial charge in [-0.15, -0.1) is 0 Å². The predicted octanol–water partition coefficient (Wildman–Crippen LogP) is 3.47. The Balaban J connectivity index is 2.67. The van der Waals surface area contributed by atoms with Crippen LogP contribution in [0.1, 0.15) is 45.7 Å². The Morgan fingerprint density at radius 1 is 1.27 bits per heavy atom. The summed E-state index contributed by atoms with van der Waals surface area (Å²) in [5.41, 5.74) is 0.0423. The predicted molar refractivity (Wildman–Crippen MR) is 78.7 cm³/mol. The van der Waals surface area contributed by atoms with Crippen molar-refractivity contribution in [2.24, 2.45) is 5.41 Å². The van der Waals surface area contributed by atoms with Gasteiger partial charge in [-0.05, 0) is 24.6 Å². The number of rotatable bonds is 6. The van der Waals surface area contributed by atoms with Crippen molar-refractivity contribution in [3.05, 3.63) is 29.8 Å². The van der Waals surface area contributed by atoms with Gasteiger partial charge in [-0.2, -0.15) is 8.78 Å². The number of hydrogen-bond donors (Lipinski definition) is 1. The number of benzene rings is 1. The lowest BCUT2D eigenvalue weighted by molar-refractivity contribution is -0.132. The Morgan fingerprint density at radius 3 is 2.45 bits per heavy atom. The van der Waals surface area contributed by atoms with Gasteiger partial charge in [0.2, 0.25) is 5.91 Å². The van der Waals surface area contributed by atoms with Gasteiger partial charge in [0.05, 0.1) is 12.5 Å². The van der Waals surface area contributed by atoms with Gasteiger partial charge >= 0.3 is 6.61 Å². The average molecular weight is 313 g/mol. The van der Waals surface area contributed by atoms with Crippen LogP contribution in [0.2, 0.25) is 0 Å². The zero-order valence-corrected chi connectivity index (χ0v) is 13.2. The van der Waals surface area contributed by atoms with Crippen LogP contribution in [-0.2, 0) is 9.59 Å². The van der Waals surface area contributed by atoms with Crippen molar-refractivity contribution in [3.8, 4) is 5.75 Å². The summed E-state index contributed by atoms with van der Waals surface area (Å²) in [6.07, 6.45) is -0.207. The molecule has 0 saturated heterocycles. The number of carbonyl (C=O) groups is 2. The molecule has 122 valence electrons. The summed E-state index contributed by atoms with van der Waals surface area (Å²) in [5, 5.41) is 2.68. The maximum atomic E-state index is 12.2. The van der Waals surface area contributed by atoms with E-state index in [4.69, 9.17) is 0 Å². The maximum absolute atomic E-state index is 12.2. The lowest BCUT2D eigenvalue weighted by Crippen LogP contribution is -2.32. The molecule has 0 aliphatic carbocycles. The third-order valence-electron chi connectivity index (χ3n) is 3.12. The first kappa shape index (κ1) is 18.1. The summed E-state index contributed by atoms with van der Waals surface area (Å²) in [7, 11) is 0. The number of hydrogen-bond acceptors (Lipinski definition) is 3. The molecule has 0 saturated carbocycles. The fourth-order valence-electron chi connectivity index (χ4n) is 1.75. The second-order valence-electron chi connectivity index (χ2n) is 6.09. The number of amides is 1. The number of ketones is 1. The number of carbonyl (C=O) groups excluding carboxylic acids is 2. The number of Topliss-reactive ketones (excluding diaryl/α,β-unsaturated/α-hetero) is 1. The van der Waals surface area contributed by atoms with E-state index in [0.717, 1.165) is 0 Å². The molecule has 0 spiro atoms. The van der Waals surface area contributed by atoms with Gasteiger partial charge < -0.3 is 10.1 Å². The molecule has 1 unspecified atom stereocenters. The molecule has 1 N–H and O–H groups in total. The number of alkyl halides is 2. The minimum atomic E-state index is -2.90. The molecule has 0 bridgehead atoms. The minimum Gasteiger partial charge on any atom is -0.435 e. The molecule has 0 radical (unpaired) electrons. The molecule has 4 nitrogen and oxygen atoms in total. The van der Waals surface area contributed by atoms with E-state index in [9.17, 15) is 18.4 Å². The summed E-state index contributed by atoms with van der Waals surface area (Å²) < 4.78 is 28.7. The van der Waals surface area contributed by atoms with Gasteiger partial charge in [0.25, 0.3) is 0 Å². The van der Waals surface area contributed by atoms with Crippen LogP contribution in [-0.4, -0.2) is 18.3 Å². The number of halogens is 2. The smallest absolute Gasteiger partial charge is 0.387 e. The normalized spacial score (nSPS) is 12.9. The van der Waals surface area contributed by atoms with Crippen LogP contribution in [0.15, 0.2) is 24.3 Å². The number of ether oxygens (including phenoxy) is 1. The van der Waals surface area contributed by atoms with Crippen LogP contribution in [0.25, 0.3) is 0 Å². The van der Waals surface area contributed by atoms with E-state index in [-0.39, 0.29) is 18.0 Å². The van der Waals surface area contributed by atoms with E-state index in [0.29, 0.717) is 5.56 Å². The molecule has 6 heteroatoms. The fraction of sp³-hybridized carbons (Fsp3) is 0.500. The Kier molecular flexibility index (Phi) is 6.02. The molecule has 0 aliphatic rings. The van der Waals surface area contributed by atoms with Crippen LogP contribution in [0.3, 0.4) is 0 Å². The van der Waals surface area contributed by atoms with Crippen LogP contribution in [0.4, 0.5) is 8.78 Å². The lowest BCUT2D eigenvalue weighted by atomic mass is 9.89. The van der Waals surface area contributed by atoms with Crippen molar-refractivity contribution in [2.75, 3.05) is 0 Å². The molecule has 22 heavy (non-hydrogen) atoms.